The summed E-state index contributed by atoms with van der Waals surface area (Å²) in [6.07, 6.45) is 3.78. The largest absolute Gasteiger partial charge is 0.497 e. The average molecular weight is 403 g/mol. The number of ether oxygens (including phenoxy) is 1. The van der Waals surface area contributed by atoms with E-state index in [1.165, 1.54) is 26.2 Å². The third-order valence-electron chi connectivity index (χ3n) is 5.00. The fourth-order valence-corrected chi connectivity index (χ4v) is 5.94. The first-order valence-electron chi connectivity index (χ1n) is 8.91. The standard InChI is InChI=1S/C17H26N2O5S2/c1-4-25(20,21)18-16-11-15(24-3)9-10-17(16)26(22,23)19(14-7-8-14)12(2)13-5-6-13/h9-14,18H,4-8H2,1-3H3/t12-/m0/s1. The molecule has 0 bridgehead atoms. The monoisotopic (exact) mass is 402 g/mol. The Labute approximate surface area is 155 Å². The molecule has 0 aromatic heterocycles. The van der Waals surface area contributed by atoms with Crippen LogP contribution >= 0.6 is 0 Å². The van der Waals surface area contributed by atoms with E-state index in [2.05, 4.69) is 4.72 Å². The number of methoxy groups -OCH3 is 1. The molecule has 0 spiro atoms. The van der Waals surface area contributed by atoms with Crippen molar-refractivity contribution in [1.29, 1.82) is 0 Å². The van der Waals surface area contributed by atoms with Gasteiger partial charge in [0.15, 0.2) is 0 Å². The fourth-order valence-electron chi connectivity index (χ4n) is 3.16. The quantitative estimate of drug-likeness (QED) is 0.685. The molecule has 7 nitrogen and oxygen atoms in total. The zero-order valence-electron chi connectivity index (χ0n) is 15.3. The van der Waals surface area contributed by atoms with Gasteiger partial charge in [0, 0.05) is 18.2 Å². The highest BCUT2D eigenvalue weighted by molar-refractivity contribution is 7.93. The van der Waals surface area contributed by atoms with Gasteiger partial charge in [-0.2, -0.15) is 4.31 Å². The van der Waals surface area contributed by atoms with E-state index in [4.69, 9.17) is 4.74 Å². The molecule has 0 heterocycles. The maximum atomic E-state index is 13.4. The fraction of sp³-hybridized carbons (Fsp3) is 0.647. The van der Waals surface area contributed by atoms with Crippen LogP contribution in [0.1, 0.15) is 39.5 Å². The van der Waals surface area contributed by atoms with E-state index in [0.29, 0.717) is 11.7 Å². The molecule has 0 unspecified atom stereocenters. The molecule has 0 radical (unpaired) electrons. The number of nitrogens with one attached hydrogen (secondary N) is 1. The molecule has 0 aliphatic heterocycles. The van der Waals surface area contributed by atoms with E-state index in [-0.39, 0.29) is 28.4 Å². The van der Waals surface area contributed by atoms with Crippen LogP contribution in [-0.2, 0) is 20.0 Å². The Balaban J connectivity index is 2.05. The Hall–Kier alpha value is -1.32. The zero-order valence-corrected chi connectivity index (χ0v) is 16.9. The number of hydrogen-bond acceptors (Lipinski definition) is 5. The van der Waals surface area contributed by atoms with Gasteiger partial charge in [-0.15, -0.1) is 0 Å². The molecule has 146 valence electrons. The summed E-state index contributed by atoms with van der Waals surface area (Å²) in [4.78, 5) is -0.0188. The second-order valence-electron chi connectivity index (χ2n) is 7.01. The Bertz CT molecular complexity index is 874. The van der Waals surface area contributed by atoms with Crippen LogP contribution in [0.5, 0.6) is 5.75 Å². The maximum Gasteiger partial charge on any atom is 0.245 e. The lowest BCUT2D eigenvalue weighted by molar-refractivity contribution is 0.301. The first-order valence-corrected chi connectivity index (χ1v) is 12.0. The number of rotatable bonds is 9. The summed E-state index contributed by atoms with van der Waals surface area (Å²) in [6.45, 7) is 3.45. The summed E-state index contributed by atoms with van der Waals surface area (Å²) in [5.41, 5.74) is 0.0415. The minimum Gasteiger partial charge on any atom is -0.497 e. The minimum absolute atomic E-state index is 0.00772. The van der Waals surface area contributed by atoms with Gasteiger partial charge >= 0.3 is 0 Å². The van der Waals surface area contributed by atoms with Crippen LogP contribution in [0.4, 0.5) is 5.69 Å². The number of hydrogen-bond donors (Lipinski definition) is 1. The molecule has 1 atom stereocenters. The van der Waals surface area contributed by atoms with Crippen LogP contribution in [-0.4, -0.2) is 46.1 Å². The molecular weight excluding hydrogens is 376 g/mol. The number of nitrogens with zero attached hydrogens (tertiary/aromatic N) is 1. The Morgan fingerprint density at radius 1 is 1.19 bits per heavy atom. The van der Waals surface area contributed by atoms with E-state index in [9.17, 15) is 16.8 Å². The van der Waals surface area contributed by atoms with Crippen molar-refractivity contribution in [2.75, 3.05) is 17.6 Å². The molecule has 1 aromatic carbocycles. The van der Waals surface area contributed by atoms with Crippen LogP contribution in [0.2, 0.25) is 0 Å². The molecule has 9 heteroatoms. The van der Waals surface area contributed by atoms with Gasteiger partial charge in [0.1, 0.15) is 10.6 Å². The van der Waals surface area contributed by atoms with Crippen LogP contribution < -0.4 is 9.46 Å². The maximum absolute atomic E-state index is 13.4. The third-order valence-corrected chi connectivity index (χ3v) is 8.39. The smallest absolute Gasteiger partial charge is 0.245 e. The predicted molar refractivity (Wildman–Crippen MR) is 100 cm³/mol. The molecule has 0 amide bonds. The lowest BCUT2D eigenvalue weighted by atomic mass is 10.2. The van der Waals surface area contributed by atoms with Gasteiger partial charge in [-0.25, -0.2) is 16.8 Å². The molecule has 0 saturated heterocycles. The summed E-state index contributed by atoms with van der Waals surface area (Å²) in [5.74, 6) is 0.638. The van der Waals surface area contributed by atoms with Crippen LogP contribution in [0.3, 0.4) is 0 Å². The molecule has 3 rings (SSSR count). The van der Waals surface area contributed by atoms with E-state index >= 15 is 0 Å². The number of benzene rings is 1. The Morgan fingerprint density at radius 3 is 2.35 bits per heavy atom. The van der Waals surface area contributed by atoms with Crippen LogP contribution in [0, 0.1) is 5.92 Å². The van der Waals surface area contributed by atoms with Crippen molar-refractivity contribution in [3.63, 3.8) is 0 Å². The third kappa shape index (κ3) is 3.99. The number of anilines is 1. The first kappa shape index (κ1) is 19.4. The predicted octanol–water partition coefficient (Wildman–Crippen LogP) is 2.41. The lowest BCUT2D eigenvalue weighted by Gasteiger charge is -2.29. The van der Waals surface area contributed by atoms with Gasteiger partial charge in [0.2, 0.25) is 20.0 Å². The molecule has 26 heavy (non-hydrogen) atoms. The van der Waals surface area contributed by atoms with Crippen LogP contribution in [0.15, 0.2) is 23.1 Å². The van der Waals surface area contributed by atoms with Crippen molar-refractivity contribution in [3.8, 4) is 5.75 Å². The van der Waals surface area contributed by atoms with Crippen molar-refractivity contribution in [2.24, 2.45) is 5.92 Å². The van der Waals surface area contributed by atoms with Crippen LogP contribution in [0.25, 0.3) is 0 Å². The average Bonchev–Trinajstić information content (AvgIpc) is 3.46. The minimum atomic E-state index is -3.83. The molecule has 2 aliphatic rings. The van der Waals surface area contributed by atoms with Crippen molar-refractivity contribution < 1.29 is 21.6 Å². The number of sulfonamides is 2. The topological polar surface area (TPSA) is 92.8 Å². The van der Waals surface area contributed by atoms with E-state index in [0.717, 1.165) is 25.7 Å². The zero-order chi connectivity index (χ0) is 19.1. The van der Waals surface area contributed by atoms with Gasteiger partial charge < -0.3 is 4.74 Å². The highest BCUT2D eigenvalue weighted by Crippen LogP contribution is 2.43. The van der Waals surface area contributed by atoms with Crippen molar-refractivity contribution in [1.82, 2.24) is 4.31 Å². The molecule has 2 fully saturated rings. The van der Waals surface area contributed by atoms with Gasteiger partial charge in [-0.3, -0.25) is 4.72 Å². The second kappa shape index (κ2) is 7.01. The highest BCUT2D eigenvalue weighted by Gasteiger charge is 2.46. The van der Waals surface area contributed by atoms with Gasteiger partial charge in [-0.1, -0.05) is 0 Å². The van der Waals surface area contributed by atoms with Gasteiger partial charge in [0.05, 0.1) is 18.6 Å². The van der Waals surface area contributed by atoms with Gasteiger partial charge in [0.25, 0.3) is 0 Å². The van der Waals surface area contributed by atoms with Crippen molar-refractivity contribution >= 4 is 25.7 Å². The molecule has 1 N–H and O–H groups in total. The Morgan fingerprint density at radius 2 is 1.85 bits per heavy atom. The molecule has 1 aromatic rings. The van der Waals surface area contributed by atoms with Gasteiger partial charge in [-0.05, 0) is 57.6 Å². The summed E-state index contributed by atoms with van der Waals surface area (Å²) in [6, 6.07) is 4.33. The highest BCUT2D eigenvalue weighted by atomic mass is 32.2. The Kier molecular flexibility index (Phi) is 5.24. The van der Waals surface area contributed by atoms with E-state index in [1.54, 1.807) is 10.4 Å². The summed E-state index contributed by atoms with van der Waals surface area (Å²) >= 11 is 0. The SMILES string of the molecule is CCS(=O)(=O)Nc1cc(OC)ccc1S(=O)(=O)N(C1CC1)[C@@H](C)C1CC1. The summed E-state index contributed by atoms with van der Waals surface area (Å²) < 4.78 is 60.1. The normalized spacial score (nSPS) is 19.4. The van der Waals surface area contributed by atoms with Crippen molar-refractivity contribution in [3.05, 3.63) is 18.2 Å². The molecular formula is C17H26N2O5S2. The molecule has 2 aliphatic carbocycles. The second-order valence-corrected chi connectivity index (χ2v) is 10.8. The summed E-state index contributed by atoms with van der Waals surface area (Å²) in [5, 5.41) is 0. The van der Waals surface area contributed by atoms with E-state index < -0.39 is 20.0 Å². The summed E-state index contributed by atoms with van der Waals surface area (Å²) in [7, 11) is -6.00. The lowest BCUT2D eigenvalue weighted by Crippen LogP contribution is -2.41. The van der Waals surface area contributed by atoms with E-state index in [1.807, 2.05) is 6.92 Å². The molecule has 2 saturated carbocycles. The van der Waals surface area contributed by atoms with Crippen molar-refractivity contribution in [2.45, 2.75) is 56.5 Å². The first-order chi connectivity index (χ1) is 12.2.